The lowest BCUT2D eigenvalue weighted by molar-refractivity contribution is 0.655. The van der Waals surface area contributed by atoms with E-state index in [1.807, 2.05) is 0 Å². The van der Waals surface area contributed by atoms with Crippen LogP contribution in [0.3, 0.4) is 0 Å². The summed E-state index contributed by atoms with van der Waals surface area (Å²) in [6, 6.07) is 66.1. The highest BCUT2D eigenvalue weighted by Crippen LogP contribution is 2.56. The van der Waals surface area contributed by atoms with Crippen LogP contribution in [-0.2, 0) is 10.8 Å². The molecule has 1 nitrogen and oxygen atoms in total. The van der Waals surface area contributed by atoms with Gasteiger partial charge >= 0.3 is 0 Å². The number of anilines is 1. The Kier molecular flexibility index (Phi) is 8.35. The number of allylic oxidation sites excluding steroid dienone is 4. The molecule has 0 amide bonds. The van der Waals surface area contributed by atoms with Gasteiger partial charge in [-0.1, -0.05) is 196 Å². The van der Waals surface area contributed by atoms with Crippen LogP contribution in [-0.4, -0.2) is 6.04 Å². The minimum absolute atomic E-state index is 0.0365. The molecule has 298 valence electrons. The molecule has 0 saturated heterocycles. The molecule has 2 unspecified atom stereocenters. The summed E-state index contributed by atoms with van der Waals surface area (Å²) in [4.78, 5) is 2.67. The van der Waals surface area contributed by atoms with E-state index >= 15 is 0 Å². The van der Waals surface area contributed by atoms with Crippen LogP contribution in [0.4, 0.5) is 5.69 Å². The zero-order valence-electron chi connectivity index (χ0n) is 35.6. The lowest BCUT2D eigenvalue weighted by Gasteiger charge is -2.34. The minimum atomic E-state index is -0.427. The average molecular weight is 796 g/mol. The molecule has 0 radical (unpaired) electrons. The van der Waals surface area contributed by atoms with Crippen LogP contribution in [0.15, 0.2) is 218 Å². The first kappa shape index (κ1) is 36.9. The van der Waals surface area contributed by atoms with Crippen molar-refractivity contribution in [1.82, 2.24) is 0 Å². The monoisotopic (exact) mass is 795 g/mol. The molecule has 2 atom stereocenters. The van der Waals surface area contributed by atoms with E-state index in [2.05, 4.69) is 232 Å². The second-order valence-corrected chi connectivity index (χ2v) is 18.4. The van der Waals surface area contributed by atoms with Gasteiger partial charge in [0.05, 0.1) is 6.04 Å². The molecule has 1 aliphatic heterocycles. The molecule has 0 bridgehead atoms. The summed E-state index contributed by atoms with van der Waals surface area (Å²) in [5.41, 5.74) is 18.4. The van der Waals surface area contributed by atoms with Gasteiger partial charge in [0.15, 0.2) is 0 Å². The third kappa shape index (κ3) is 5.47. The summed E-state index contributed by atoms with van der Waals surface area (Å²) in [7, 11) is 0. The molecule has 3 aliphatic carbocycles. The third-order valence-corrected chi connectivity index (χ3v) is 14.8. The maximum Gasteiger partial charge on any atom is 0.0626 e. The zero-order chi connectivity index (χ0) is 41.6. The largest absolute Gasteiger partial charge is 0.333 e. The first-order chi connectivity index (χ1) is 30.4. The Morgan fingerprint density at radius 3 is 1.97 bits per heavy atom. The third-order valence-electron chi connectivity index (χ3n) is 14.8. The van der Waals surface area contributed by atoms with Gasteiger partial charge in [-0.3, -0.25) is 0 Å². The Labute approximate surface area is 365 Å². The molecule has 62 heavy (non-hydrogen) atoms. The van der Waals surface area contributed by atoms with Crippen LogP contribution in [0, 0.1) is 5.92 Å². The van der Waals surface area contributed by atoms with Gasteiger partial charge in [0, 0.05) is 33.7 Å². The summed E-state index contributed by atoms with van der Waals surface area (Å²) in [6.45, 7) is 7.19. The van der Waals surface area contributed by atoms with Crippen molar-refractivity contribution < 1.29 is 0 Å². The fourth-order valence-electron chi connectivity index (χ4n) is 11.7. The van der Waals surface area contributed by atoms with Crippen molar-refractivity contribution >= 4 is 32.8 Å². The van der Waals surface area contributed by atoms with E-state index in [4.69, 9.17) is 0 Å². The minimum Gasteiger partial charge on any atom is -0.333 e. The van der Waals surface area contributed by atoms with Crippen molar-refractivity contribution in [2.45, 2.75) is 50.5 Å². The van der Waals surface area contributed by atoms with Crippen molar-refractivity contribution in [3.05, 3.63) is 251 Å². The summed E-state index contributed by atoms with van der Waals surface area (Å²) in [5, 5.41) is 5.09. The van der Waals surface area contributed by atoms with Gasteiger partial charge in [0.2, 0.25) is 0 Å². The quantitative estimate of drug-likeness (QED) is 0.152. The summed E-state index contributed by atoms with van der Waals surface area (Å²) < 4.78 is 0. The van der Waals surface area contributed by atoms with Gasteiger partial charge in [-0.05, 0) is 127 Å². The van der Waals surface area contributed by atoms with E-state index in [1.165, 1.54) is 94.1 Å². The molecule has 4 aliphatic rings. The summed E-state index contributed by atoms with van der Waals surface area (Å²) in [5.74, 6) is 0.310. The van der Waals surface area contributed by atoms with E-state index in [0.29, 0.717) is 5.92 Å². The van der Waals surface area contributed by atoms with Crippen molar-refractivity contribution in [1.29, 1.82) is 0 Å². The number of fused-ring (bicyclic) bond motifs is 7. The van der Waals surface area contributed by atoms with Crippen molar-refractivity contribution in [3.8, 4) is 22.3 Å². The van der Waals surface area contributed by atoms with E-state index < -0.39 is 5.41 Å². The summed E-state index contributed by atoms with van der Waals surface area (Å²) >= 11 is 0. The highest BCUT2D eigenvalue weighted by molar-refractivity contribution is 5.94. The Morgan fingerprint density at radius 2 is 1.19 bits per heavy atom. The Bertz CT molecular complexity index is 3170. The van der Waals surface area contributed by atoms with Gasteiger partial charge in [0.25, 0.3) is 0 Å². The number of hydrogen-bond donors (Lipinski definition) is 0. The standard InChI is InChI=1S/C61H49N/c1-60(2)52-29-10-8-28-50(52)59-55(60)32-16-34-58(59)62-56-33-11-9-27-49(56)51-39-45(35-36-57(51)62)43-22-12-21-42(37-43)44-23-13-24-46(38-44)61(3,53-30-14-19-40-17-4-6-25-47(40)53)54-31-15-20-41-18-5-7-26-48(41)54/h4-8,10-26,28-39,51,57H,9,27H2,1-3H3. The number of rotatable bonds is 6. The maximum atomic E-state index is 2.67. The maximum absolute atomic E-state index is 2.67. The highest BCUT2D eigenvalue weighted by atomic mass is 15.2. The smallest absolute Gasteiger partial charge is 0.0626 e. The van der Waals surface area contributed by atoms with Crippen LogP contribution in [0.2, 0.25) is 0 Å². The van der Waals surface area contributed by atoms with E-state index in [1.54, 1.807) is 5.57 Å². The zero-order valence-corrected chi connectivity index (χ0v) is 35.6. The second kappa shape index (κ2) is 14.0. The molecule has 1 heteroatoms. The van der Waals surface area contributed by atoms with Gasteiger partial charge < -0.3 is 4.90 Å². The lowest BCUT2D eigenvalue weighted by Crippen LogP contribution is -2.33. The number of benzene rings is 8. The molecule has 8 aromatic carbocycles. The van der Waals surface area contributed by atoms with Crippen molar-refractivity contribution in [2.75, 3.05) is 4.90 Å². The van der Waals surface area contributed by atoms with Crippen LogP contribution in [0.25, 0.3) is 49.4 Å². The molecular weight excluding hydrogens is 747 g/mol. The van der Waals surface area contributed by atoms with Crippen LogP contribution < -0.4 is 4.90 Å². The van der Waals surface area contributed by atoms with Crippen molar-refractivity contribution in [2.24, 2.45) is 5.92 Å². The molecular formula is C61H49N. The molecule has 8 aromatic rings. The average Bonchev–Trinajstić information content (AvgIpc) is 3.79. The normalized spacial score (nSPS) is 18.4. The molecule has 0 fully saturated rings. The highest BCUT2D eigenvalue weighted by Gasteiger charge is 2.44. The summed E-state index contributed by atoms with van der Waals surface area (Å²) in [6.07, 6.45) is 14.4. The molecule has 12 rings (SSSR count). The van der Waals surface area contributed by atoms with Gasteiger partial charge in [0.1, 0.15) is 0 Å². The fraction of sp³-hybridized carbons (Fsp3) is 0.148. The topological polar surface area (TPSA) is 3.24 Å². The van der Waals surface area contributed by atoms with Crippen LogP contribution >= 0.6 is 0 Å². The predicted molar refractivity (Wildman–Crippen MR) is 262 cm³/mol. The Morgan fingerprint density at radius 1 is 0.581 bits per heavy atom. The Hall–Kier alpha value is -6.96. The molecule has 1 heterocycles. The van der Waals surface area contributed by atoms with E-state index in [0.717, 1.165) is 12.8 Å². The predicted octanol–water partition coefficient (Wildman–Crippen LogP) is 15.4. The first-order valence-electron chi connectivity index (χ1n) is 22.4. The Balaban J connectivity index is 0.940. The fourth-order valence-corrected chi connectivity index (χ4v) is 11.7. The first-order valence-corrected chi connectivity index (χ1v) is 22.4. The van der Waals surface area contributed by atoms with Gasteiger partial charge in [-0.2, -0.15) is 0 Å². The van der Waals surface area contributed by atoms with Gasteiger partial charge in [-0.25, -0.2) is 0 Å². The SMILES string of the molecule is CC1(C)c2ccccc2-c2c(N3C4=C(CCC=C4)C4C=C(c5cccc(-c6cccc(C(C)(c7cccc8ccccc78)c7cccc8ccccc78)c6)c5)C=CC43)cccc21. The number of nitrogens with zero attached hydrogens (tertiary/aromatic N) is 1. The second-order valence-electron chi connectivity index (χ2n) is 18.4. The van der Waals surface area contributed by atoms with Crippen LogP contribution in [0.5, 0.6) is 0 Å². The van der Waals surface area contributed by atoms with Crippen molar-refractivity contribution in [3.63, 3.8) is 0 Å². The molecule has 0 spiro atoms. The molecule has 0 N–H and O–H groups in total. The number of hydrogen-bond acceptors (Lipinski definition) is 1. The van der Waals surface area contributed by atoms with Crippen LogP contribution in [0.1, 0.15) is 67.0 Å². The molecule has 0 aromatic heterocycles. The van der Waals surface area contributed by atoms with E-state index in [9.17, 15) is 0 Å². The van der Waals surface area contributed by atoms with Gasteiger partial charge in [-0.15, -0.1) is 0 Å². The molecule has 0 saturated carbocycles. The lowest BCUT2D eigenvalue weighted by atomic mass is 9.68. The van der Waals surface area contributed by atoms with E-state index in [-0.39, 0.29) is 11.5 Å².